The average Bonchev–Trinajstić information content (AvgIpc) is 2.75. The maximum atomic E-state index is 12.9. The molecule has 0 aromatic heterocycles. The van der Waals surface area contributed by atoms with Gasteiger partial charge in [-0.15, -0.1) is 0 Å². The van der Waals surface area contributed by atoms with E-state index in [9.17, 15) is 13.2 Å². The van der Waals surface area contributed by atoms with Gasteiger partial charge in [-0.05, 0) is 79.5 Å². The number of nitrogens with one attached hydrogen (secondary N) is 1. The smallest absolute Gasteiger partial charge is 0.261 e. The van der Waals surface area contributed by atoms with Crippen LogP contribution in [0.4, 0.5) is 0 Å². The first-order valence-corrected chi connectivity index (χ1v) is 12.6. The number of amides is 1. The lowest BCUT2D eigenvalue weighted by Gasteiger charge is -2.23. The Morgan fingerprint density at radius 1 is 1.00 bits per heavy atom. The molecular weight excluding hydrogens is 398 g/mol. The molecule has 5 nitrogen and oxygen atoms in total. The zero-order chi connectivity index (χ0) is 21.7. The maximum absolute atomic E-state index is 12.9. The molecule has 0 saturated heterocycles. The molecule has 1 amide bonds. The van der Waals surface area contributed by atoms with Gasteiger partial charge < -0.3 is 10.1 Å². The minimum absolute atomic E-state index is 0.158. The number of carbonyl (C=O) groups is 1. The van der Waals surface area contributed by atoms with Crippen LogP contribution in [0.15, 0.2) is 47.4 Å². The van der Waals surface area contributed by atoms with Crippen LogP contribution in [0.1, 0.15) is 62.3 Å². The predicted molar refractivity (Wildman–Crippen MR) is 119 cm³/mol. The third kappa shape index (κ3) is 5.42. The van der Waals surface area contributed by atoms with Crippen LogP contribution in [0, 0.1) is 0 Å². The fourth-order valence-corrected chi connectivity index (χ4v) is 4.53. The second-order valence-corrected chi connectivity index (χ2v) is 9.98. The summed E-state index contributed by atoms with van der Waals surface area (Å²) in [5, 5.41) is 3.06. The van der Waals surface area contributed by atoms with Crippen LogP contribution in [-0.2, 0) is 27.5 Å². The molecule has 3 rings (SSSR count). The number of fused-ring (bicyclic) bond motifs is 1. The van der Waals surface area contributed by atoms with Crippen LogP contribution >= 0.6 is 0 Å². The molecule has 2 aromatic rings. The van der Waals surface area contributed by atoms with Gasteiger partial charge in [-0.3, -0.25) is 4.79 Å². The highest BCUT2D eigenvalue weighted by molar-refractivity contribution is 7.90. The monoisotopic (exact) mass is 429 g/mol. The van der Waals surface area contributed by atoms with Crippen molar-refractivity contribution in [3.05, 3.63) is 59.2 Å². The highest BCUT2D eigenvalue weighted by Crippen LogP contribution is 2.26. The molecule has 1 aliphatic rings. The summed E-state index contributed by atoms with van der Waals surface area (Å²) in [5.74, 6) is 0.581. The van der Waals surface area contributed by atoms with Crippen molar-refractivity contribution in [1.29, 1.82) is 0 Å². The van der Waals surface area contributed by atoms with E-state index in [0.717, 1.165) is 24.2 Å². The number of hydrogen-bond acceptors (Lipinski definition) is 4. The van der Waals surface area contributed by atoms with E-state index in [1.165, 1.54) is 30.2 Å². The summed E-state index contributed by atoms with van der Waals surface area (Å²) in [6, 6.07) is 12.6. The Hall–Kier alpha value is -2.34. The molecule has 6 heteroatoms. The van der Waals surface area contributed by atoms with Gasteiger partial charge >= 0.3 is 0 Å². The van der Waals surface area contributed by atoms with Crippen LogP contribution in [0.2, 0.25) is 0 Å². The van der Waals surface area contributed by atoms with Crippen molar-refractivity contribution in [2.45, 2.75) is 69.4 Å². The maximum Gasteiger partial charge on any atom is 0.261 e. The Labute approximate surface area is 179 Å². The average molecular weight is 430 g/mol. The van der Waals surface area contributed by atoms with Crippen molar-refractivity contribution < 1.29 is 17.9 Å². The second kappa shape index (κ2) is 9.65. The first-order chi connectivity index (χ1) is 14.3. The molecule has 0 heterocycles. The van der Waals surface area contributed by atoms with E-state index in [4.69, 9.17) is 4.74 Å². The van der Waals surface area contributed by atoms with Crippen LogP contribution in [0.5, 0.6) is 5.75 Å². The van der Waals surface area contributed by atoms with Crippen LogP contribution < -0.4 is 10.1 Å². The van der Waals surface area contributed by atoms with Crippen LogP contribution in [0.25, 0.3) is 0 Å². The lowest BCUT2D eigenvalue weighted by atomic mass is 9.92. The van der Waals surface area contributed by atoms with Crippen molar-refractivity contribution in [3.63, 3.8) is 0 Å². The Bertz CT molecular complexity index is 983. The number of benzene rings is 2. The Morgan fingerprint density at radius 2 is 1.67 bits per heavy atom. The minimum Gasteiger partial charge on any atom is -0.481 e. The zero-order valence-electron chi connectivity index (χ0n) is 18.0. The number of sulfone groups is 1. The van der Waals surface area contributed by atoms with Gasteiger partial charge in [0.1, 0.15) is 5.75 Å². The van der Waals surface area contributed by atoms with Gasteiger partial charge in [-0.25, -0.2) is 8.42 Å². The summed E-state index contributed by atoms with van der Waals surface area (Å²) in [5.41, 5.74) is 3.59. The van der Waals surface area contributed by atoms with Gasteiger partial charge in [0.15, 0.2) is 15.9 Å². The minimum atomic E-state index is -3.24. The standard InChI is InChI=1S/C24H31NO4S/c1-4-22(18-11-14-21(15-12-18)30(3,27)28)25-24(26)23(5-2)29-20-13-10-17-8-6-7-9-19(17)16-20/h10-16,22-23H,4-9H2,1-3H3,(H,25,26)/t22-,23+/m0/s1. The summed E-state index contributed by atoms with van der Waals surface area (Å²) < 4.78 is 29.4. The molecule has 1 aliphatic carbocycles. The van der Waals surface area contributed by atoms with Crippen molar-refractivity contribution in [1.82, 2.24) is 5.32 Å². The van der Waals surface area contributed by atoms with Gasteiger partial charge in [0, 0.05) is 6.26 Å². The topological polar surface area (TPSA) is 72.5 Å². The Kier molecular flexibility index (Phi) is 7.19. The number of carbonyl (C=O) groups excluding carboxylic acids is 1. The molecular formula is C24H31NO4S. The van der Waals surface area contributed by atoms with Gasteiger partial charge in [0.25, 0.3) is 5.91 Å². The third-order valence-electron chi connectivity index (χ3n) is 5.70. The summed E-state index contributed by atoms with van der Waals surface area (Å²) in [4.78, 5) is 13.2. The van der Waals surface area contributed by atoms with E-state index in [2.05, 4.69) is 17.4 Å². The molecule has 2 aromatic carbocycles. The van der Waals surface area contributed by atoms with E-state index < -0.39 is 15.9 Å². The number of ether oxygens (including phenoxy) is 1. The summed E-state index contributed by atoms with van der Waals surface area (Å²) in [6.07, 6.45) is 6.48. The third-order valence-corrected chi connectivity index (χ3v) is 6.83. The van der Waals surface area contributed by atoms with Crippen molar-refractivity contribution >= 4 is 15.7 Å². The highest BCUT2D eigenvalue weighted by atomic mass is 32.2. The molecule has 0 saturated carbocycles. The molecule has 0 spiro atoms. The molecule has 2 atom stereocenters. The SMILES string of the molecule is CC[C@H](NC(=O)[C@@H](CC)Oc1ccc2c(c1)CCCC2)c1ccc(S(C)(=O)=O)cc1. The van der Waals surface area contributed by atoms with Crippen molar-refractivity contribution in [2.24, 2.45) is 0 Å². The first kappa shape index (κ1) is 22.3. The summed E-state index contributed by atoms with van der Waals surface area (Å²) >= 11 is 0. The normalized spacial score (nSPS) is 15.7. The highest BCUT2D eigenvalue weighted by Gasteiger charge is 2.23. The quantitative estimate of drug-likeness (QED) is 0.675. The van der Waals surface area contributed by atoms with E-state index in [0.29, 0.717) is 12.8 Å². The fourth-order valence-electron chi connectivity index (χ4n) is 3.90. The van der Waals surface area contributed by atoms with Gasteiger partial charge in [0.05, 0.1) is 10.9 Å². The first-order valence-electron chi connectivity index (χ1n) is 10.7. The fraction of sp³-hybridized carbons (Fsp3) is 0.458. The number of hydrogen-bond donors (Lipinski definition) is 1. The molecule has 0 bridgehead atoms. The molecule has 0 unspecified atom stereocenters. The van der Waals surface area contributed by atoms with Crippen LogP contribution in [-0.4, -0.2) is 26.7 Å². The van der Waals surface area contributed by atoms with Crippen LogP contribution in [0.3, 0.4) is 0 Å². The van der Waals surface area contributed by atoms with E-state index in [-0.39, 0.29) is 16.8 Å². The second-order valence-electron chi connectivity index (χ2n) is 7.96. The van der Waals surface area contributed by atoms with Gasteiger partial charge in [-0.2, -0.15) is 0 Å². The van der Waals surface area contributed by atoms with E-state index in [1.807, 2.05) is 19.9 Å². The molecule has 1 N–H and O–H groups in total. The predicted octanol–water partition coefficient (Wildman–Crippen LogP) is 4.39. The molecule has 0 fully saturated rings. The molecule has 162 valence electrons. The van der Waals surface area contributed by atoms with Gasteiger partial charge in [0.2, 0.25) is 0 Å². The largest absolute Gasteiger partial charge is 0.481 e. The molecule has 0 aliphatic heterocycles. The lowest BCUT2D eigenvalue weighted by molar-refractivity contribution is -0.128. The number of rotatable bonds is 8. The Morgan fingerprint density at radius 3 is 2.27 bits per heavy atom. The summed E-state index contributed by atoms with van der Waals surface area (Å²) in [7, 11) is -3.24. The van der Waals surface area contributed by atoms with E-state index >= 15 is 0 Å². The molecule has 0 radical (unpaired) electrons. The van der Waals surface area contributed by atoms with Gasteiger partial charge in [-0.1, -0.05) is 32.0 Å². The Balaban J connectivity index is 1.68. The number of aryl methyl sites for hydroxylation is 2. The van der Waals surface area contributed by atoms with Crippen molar-refractivity contribution in [2.75, 3.05) is 6.26 Å². The lowest BCUT2D eigenvalue weighted by Crippen LogP contribution is -2.40. The summed E-state index contributed by atoms with van der Waals surface area (Å²) in [6.45, 7) is 3.92. The zero-order valence-corrected chi connectivity index (χ0v) is 18.8. The molecule has 30 heavy (non-hydrogen) atoms. The van der Waals surface area contributed by atoms with E-state index in [1.54, 1.807) is 24.3 Å². The van der Waals surface area contributed by atoms with Crippen molar-refractivity contribution in [3.8, 4) is 5.75 Å².